The smallest absolute Gasteiger partial charge is 0.354 e. The molecule has 0 heterocycles. The van der Waals surface area contributed by atoms with Crippen molar-refractivity contribution >= 4 is 15.9 Å². The van der Waals surface area contributed by atoms with Crippen molar-refractivity contribution in [2.45, 2.75) is 37.4 Å². The number of carbonyl (C=O) groups is 1. The van der Waals surface area contributed by atoms with Crippen molar-refractivity contribution in [1.29, 1.82) is 0 Å². The van der Waals surface area contributed by atoms with Crippen molar-refractivity contribution in [2.24, 2.45) is 0 Å². The molecule has 0 saturated heterocycles. The van der Waals surface area contributed by atoms with E-state index in [1.165, 1.54) is 0 Å². The van der Waals surface area contributed by atoms with Gasteiger partial charge in [-0.1, -0.05) is 6.07 Å². The van der Waals surface area contributed by atoms with Gasteiger partial charge in [0.2, 0.25) is 15.9 Å². The average molecular weight is 338 g/mol. The first kappa shape index (κ1) is 18.4. The van der Waals surface area contributed by atoms with Crippen LogP contribution in [0.3, 0.4) is 0 Å². The molecule has 0 aliphatic rings. The second-order valence-corrected chi connectivity index (χ2v) is 6.66. The predicted octanol–water partition coefficient (Wildman–Crippen LogP) is 1.90. The molecule has 2 N–H and O–H groups in total. The van der Waals surface area contributed by atoms with Gasteiger partial charge in [-0.3, -0.25) is 4.79 Å². The molecule has 124 valence electrons. The van der Waals surface area contributed by atoms with Gasteiger partial charge in [0.05, 0.1) is 10.5 Å². The summed E-state index contributed by atoms with van der Waals surface area (Å²) in [6.45, 7) is 3.31. The largest absolute Gasteiger partial charge is 0.416 e. The Kier molecular flexibility index (Phi) is 5.95. The molecule has 5 nitrogen and oxygen atoms in total. The number of sulfonamides is 1. The lowest BCUT2D eigenvalue weighted by Crippen LogP contribution is -2.34. The van der Waals surface area contributed by atoms with E-state index < -0.39 is 26.7 Å². The minimum absolute atomic E-state index is 0.0763. The first-order valence-electron chi connectivity index (χ1n) is 6.48. The van der Waals surface area contributed by atoms with Crippen molar-refractivity contribution in [2.75, 3.05) is 6.54 Å². The maximum Gasteiger partial charge on any atom is 0.416 e. The highest BCUT2D eigenvalue weighted by molar-refractivity contribution is 7.89. The lowest BCUT2D eigenvalue weighted by atomic mass is 10.2. The van der Waals surface area contributed by atoms with E-state index in [-0.39, 0.29) is 24.9 Å². The monoisotopic (exact) mass is 338 g/mol. The third-order valence-corrected chi connectivity index (χ3v) is 4.02. The van der Waals surface area contributed by atoms with Gasteiger partial charge in [0.25, 0.3) is 0 Å². The Hall–Kier alpha value is -1.61. The third-order valence-electron chi connectivity index (χ3n) is 2.57. The van der Waals surface area contributed by atoms with Crippen molar-refractivity contribution in [3.05, 3.63) is 29.8 Å². The van der Waals surface area contributed by atoms with Gasteiger partial charge < -0.3 is 5.32 Å². The molecule has 0 aliphatic carbocycles. The molecule has 1 aromatic rings. The van der Waals surface area contributed by atoms with Gasteiger partial charge in [-0.25, -0.2) is 13.1 Å². The molecule has 0 fully saturated rings. The Bertz CT molecular complexity index is 628. The minimum atomic E-state index is -4.62. The fraction of sp³-hybridized carbons (Fsp3) is 0.462. The highest BCUT2D eigenvalue weighted by Gasteiger charge is 2.31. The summed E-state index contributed by atoms with van der Waals surface area (Å²) < 4.78 is 63.6. The molecule has 0 radical (unpaired) electrons. The first-order chi connectivity index (χ1) is 10.0. The standard InChI is InChI=1S/C13H17F3N2O3S/c1-9(2)18-12(19)6-7-17-22(20,21)11-5-3-4-10(8-11)13(14,15)16/h3-5,8-9,17H,6-7H2,1-2H3,(H,18,19). The van der Waals surface area contributed by atoms with Gasteiger partial charge in [-0.05, 0) is 32.0 Å². The van der Waals surface area contributed by atoms with Crippen LogP contribution in [0.25, 0.3) is 0 Å². The van der Waals surface area contributed by atoms with Gasteiger partial charge in [0, 0.05) is 19.0 Å². The van der Waals surface area contributed by atoms with Crippen LogP contribution in [0.15, 0.2) is 29.2 Å². The Balaban J connectivity index is 2.73. The lowest BCUT2D eigenvalue weighted by Gasteiger charge is -2.11. The molecular weight excluding hydrogens is 321 g/mol. The van der Waals surface area contributed by atoms with Crippen LogP contribution in [-0.2, 0) is 21.0 Å². The van der Waals surface area contributed by atoms with E-state index in [1.807, 2.05) is 0 Å². The third kappa shape index (κ3) is 5.64. The highest BCUT2D eigenvalue weighted by Crippen LogP contribution is 2.30. The summed E-state index contributed by atoms with van der Waals surface area (Å²) in [5.41, 5.74) is -1.05. The molecule has 22 heavy (non-hydrogen) atoms. The summed E-state index contributed by atoms with van der Waals surface area (Å²) in [6, 6.07) is 3.34. The van der Waals surface area contributed by atoms with Crippen LogP contribution in [-0.4, -0.2) is 26.9 Å². The molecule has 0 aliphatic heterocycles. The van der Waals surface area contributed by atoms with E-state index >= 15 is 0 Å². The minimum Gasteiger partial charge on any atom is -0.354 e. The summed E-state index contributed by atoms with van der Waals surface area (Å²) in [7, 11) is -4.10. The maximum atomic E-state index is 12.6. The SMILES string of the molecule is CC(C)NC(=O)CCNS(=O)(=O)c1cccc(C(F)(F)F)c1. The van der Waals surface area contributed by atoms with Gasteiger partial charge in [0.15, 0.2) is 0 Å². The molecule has 9 heteroatoms. The molecule has 0 unspecified atom stereocenters. The zero-order valence-electron chi connectivity index (χ0n) is 12.1. The van der Waals surface area contributed by atoms with E-state index in [1.54, 1.807) is 13.8 Å². The number of hydrogen-bond acceptors (Lipinski definition) is 3. The second-order valence-electron chi connectivity index (χ2n) is 4.90. The van der Waals surface area contributed by atoms with Crippen molar-refractivity contribution in [3.8, 4) is 0 Å². The van der Waals surface area contributed by atoms with E-state index in [2.05, 4.69) is 10.0 Å². The number of carbonyl (C=O) groups excluding carboxylic acids is 1. The Labute approximate surface area is 127 Å². The molecule has 0 saturated carbocycles. The number of amides is 1. The second kappa shape index (κ2) is 7.10. The fourth-order valence-corrected chi connectivity index (χ4v) is 2.69. The van der Waals surface area contributed by atoms with E-state index in [0.717, 1.165) is 18.2 Å². The van der Waals surface area contributed by atoms with Crippen molar-refractivity contribution in [1.82, 2.24) is 10.0 Å². The summed E-state index contributed by atoms with van der Waals surface area (Å²) in [5, 5.41) is 2.58. The number of halogens is 3. The zero-order chi connectivity index (χ0) is 17.0. The van der Waals surface area contributed by atoms with Crippen LogP contribution in [0.4, 0.5) is 13.2 Å². The summed E-state index contributed by atoms with van der Waals surface area (Å²) in [4.78, 5) is 10.9. The number of nitrogens with one attached hydrogen (secondary N) is 2. The Morgan fingerprint density at radius 1 is 1.27 bits per heavy atom. The molecule has 0 spiro atoms. The van der Waals surface area contributed by atoms with Crippen LogP contribution in [0.2, 0.25) is 0 Å². The van der Waals surface area contributed by atoms with Crippen LogP contribution >= 0.6 is 0 Å². The molecule has 1 amide bonds. The quantitative estimate of drug-likeness (QED) is 0.832. The molecule has 1 rings (SSSR count). The van der Waals surface area contributed by atoms with E-state index in [9.17, 15) is 26.4 Å². The van der Waals surface area contributed by atoms with Gasteiger partial charge in [-0.2, -0.15) is 13.2 Å². The van der Waals surface area contributed by atoms with Crippen molar-refractivity contribution in [3.63, 3.8) is 0 Å². The maximum absolute atomic E-state index is 12.6. The summed E-state index contributed by atoms with van der Waals surface area (Å²) in [5.74, 6) is -0.346. The van der Waals surface area contributed by atoms with Crippen LogP contribution in [0.1, 0.15) is 25.8 Å². The Morgan fingerprint density at radius 2 is 1.91 bits per heavy atom. The van der Waals surface area contributed by atoms with Gasteiger partial charge >= 0.3 is 6.18 Å². The number of hydrogen-bond donors (Lipinski definition) is 2. The van der Waals surface area contributed by atoms with Crippen LogP contribution in [0, 0.1) is 0 Å². The topological polar surface area (TPSA) is 75.3 Å². The number of alkyl halides is 3. The summed E-state index contributed by atoms with van der Waals surface area (Å²) in [6.07, 6.45) is -4.72. The van der Waals surface area contributed by atoms with E-state index in [4.69, 9.17) is 0 Å². The number of benzene rings is 1. The molecule has 1 aromatic carbocycles. The molecular formula is C13H17F3N2O3S. The highest BCUT2D eigenvalue weighted by atomic mass is 32.2. The predicted molar refractivity (Wildman–Crippen MR) is 74.5 cm³/mol. The first-order valence-corrected chi connectivity index (χ1v) is 7.97. The average Bonchev–Trinajstić information content (AvgIpc) is 2.36. The fourth-order valence-electron chi connectivity index (χ4n) is 1.62. The van der Waals surface area contributed by atoms with Crippen molar-refractivity contribution < 1.29 is 26.4 Å². The summed E-state index contributed by atoms with van der Waals surface area (Å²) >= 11 is 0. The molecule has 0 atom stereocenters. The lowest BCUT2D eigenvalue weighted by molar-refractivity contribution is -0.137. The number of rotatable bonds is 6. The molecule has 0 aromatic heterocycles. The Morgan fingerprint density at radius 3 is 2.45 bits per heavy atom. The zero-order valence-corrected chi connectivity index (χ0v) is 12.9. The molecule has 0 bridgehead atoms. The van der Waals surface area contributed by atoms with Crippen LogP contribution < -0.4 is 10.0 Å². The van der Waals surface area contributed by atoms with Gasteiger partial charge in [-0.15, -0.1) is 0 Å². The normalized spacial score (nSPS) is 12.5. The van der Waals surface area contributed by atoms with E-state index in [0.29, 0.717) is 6.07 Å². The van der Waals surface area contributed by atoms with Gasteiger partial charge in [0.1, 0.15) is 0 Å². The van der Waals surface area contributed by atoms with Crippen LogP contribution in [0.5, 0.6) is 0 Å².